The summed E-state index contributed by atoms with van der Waals surface area (Å²) in [6.07, 6.45) is -0.111. The molecular weight excluding hydrogens is 320 g/mol. The zero-order valence-electron chi connectivity index (χ0n) is 12.6. The first-order valence-corrected chi connectivity index (χ1v) is 7.26. The van der Waals surface area contributed by atoms with Crippen molar-refractivity contribution in [1.82, 2.24) is 0 Å². The van der Waals surface area contributed by atoms with E-state index in [1.165, 1.54) is 24.3 Å². The number of hydrogen-bond acceptors (Lipinski definition) is 4. The van der Waals surface area contributed by atoms with Gasteiger partial charge in [-0.25, -0.2) is 0 Å². The molecule has 7 heteroatoms. The van der Waals surface area contributed by atoms with Crippen molar-refractivity contribution in [3.8, 4) is 5.75 Å². The molecule has 0 atom stereocenters. The van der Waals surface area contributed by atoms with Crippen LogP contribution in [0, 0.1) is 10.1 Å². The third-order valence-corrected chi connectivity index (χ3v) is 3.10. The average Bonchev–Trinajstić information content (AvgIpc) is 2.48. The Balaban J connectivity index is 2.28. The van der Waals surface area contributed by atoms with Gasteiger partial charge in [-0.3, -0.25) is 14.9 Å². The van der Waals surface area contributed by atoms with Crippen LogP contribution in [-0.4, -0.2) is 16.9 Å². The summed E-state index contributed by atoms with van der Waals surface area (Å²) in [7, 11) is 0. The van der Waals surface area contributed by atoms with Gasteiger partial charge < -0.3 is 10.1 Å². The lowest BCUT2D eigenvalue weighted by molar-refractivity contribution is -0.384. The van der Waals surface area contributed by atoms with Crippen LogP contribution in [0.5, 0.6) is 5.75 Å². The summed E-state index contributed by atoms with van der Waals surface area (Å²) in [6, 6.07) is 10.4. The largest absolute Gasteiger partial charge is 0.490 e. The Kier molecular flexibility index (Phi) is 5.18. The van der Waals surface area contributed by atoms with Crippen molar-refractivity contribution in [1.29, 1.82) is 0 Å². The number of nitro benzene ring substituents is 1. The smallest absolute Gasteiger partial charge is 0.271 e. The van der Waals surface area contributed by atoms with Gasteiger partial charge in [0, 0.05) is 22.8 Å². The lowest BCUT2D eigenvalue weighted by atomic mass is 10.1. The highest BCUT2D eigenvalue weighted by molar-refractivity contribution is 6.31. The van der Waals surface area contributed by atoms with Crippen molar-refractivity contribution < 1.29 is 14.5 Å². The lowest BCUT2D eigenvalue weighted by Gasteiger charge is -2.14. The maximum absolute atomic E-state index is 12.4. The van der Waals surface area contributed by atoms with Gasteiger partial charge in [0.1, 0.15) is 5.75 Å². The van der Waals surface area contributed by atoms with Crippen molar-refractivity contribution in [3.05, 3.63) is 63.2 Å². The van der Waals surface area contributed by atoms with Gasteiger partial charge in [-0.05, 0) is 38.1 Å². The van der Waals surface area contributed by atoms with E-state index in [2.05, 4.69) is 5.32 Å². The first-order valence-electron chi connectivity index (χ1n) is 6.89. The Morgan fingerprint density at radius 2 is 2.00 bits per heavy atom. The minimum Gasteiger partial charge on any atom is -0.490 e. The SMILES string of the molecule is CC(C)Oc1ccc(Cl)cc1C(=O)Nc1cccc([N+](=O)[O-])c1. The summed E-state index contributed by atoms with van der Waals surface area (Å²) in [4.78, 5) is 22.7. The average molecular weight is 335 g/mol. The van der Waals surface area contributed by atoms with Gasteiger partial charge in [0.15, 0.2) is 0 Å². The molecule has 2 aromatic rings. The number of ether oxygens (including phenoxy) is 1. The Labute approximate surface area is 138 Å². The molecule has 0 unspecified atom stereocenters. The number of hydrogen-bond donors (Lipinski definition) is 1. The molecule has 120 valence electrons. The normalized spacial score (nSPS) is 10.4. The fraction of sp³-hybridized carbons (Fsp3) is 0.188. The Hall–Kier alpha value is -2.60. The topological polar surface area (TPSA) is 81.5 Å². The fourth-order valence-corrected chi connectivity index (χ4v) is 2.10. The molecule has 0 saturated carbocycles. The maximum atomic E-state index is 12.4. The van der Waals surface area contributed by atoms with Gasteiger partial charge in [-0.15, -0.1) is 0 Å². The molecule has 0 saturated heterocycles. The summed E-state index contributed by atoms with van der Waals surface area (Å²) in [5.41, 5.74) is 0.477. The Bertz CT molecular complexity index is 747. The van der Waals surface area contributed by atoms with Gasteiger partial charge in [-0.2, -0.15) is 0 Å². The summed E-state index contributed by atoms with van der Waals surface area (Å²) in [5, 5.41) is 13.8. The molecule has 6 nitrogen and oxygen atoms in total. The fourth-order valence-electron chi connectivity index (χ4n) is 1.93. The second-order valence-corrected chi connectivity index (χ2v) is 5.51. The number of anilines is 1. The number of nitrogens with one attached hydrogen (secondary N) is 1. The molecule has 2 rings (SSSR count). The number of halogens is 1. The van der Waals surface area contributed by atoms with E-state index in [0.717, 1.165) is 0 Å². The number of non-ortho nitro benzene ring substituents is 1. The molecule has 0 radical (unpaired) electrons. The van der Waals surface area contributed by atoms with E-state index in [4.69, 9.17) is 16.3 Å². The predicted octanol–water partition coefficient (Wildman–Crippen LogP) is 4.29. The molecule has 0 aliphatic carbocycles. The molecule has 0 heterocycles. The predicted molar refractivity (Wildman–Crippen MR) is 88.3 cm³/mol. The van der Waals surface area contributed by atoms with Crippen LogP contribution in [0.3, 0.4) is 0 Å². The highest BCUT2D eigenvalue weighted by atomic mass is 35.5. The summed E-state index contributed by atoms with van der Waals surface area (Å²) >= 11 is 5.94. The van der Waals surface area contributed by atoms with Crippen molar-refractivity contribution >= 4 is 28.9 Å². The molecule has 0 fully saturated rings. The first kappa shape index (κ1) is 16.8. The number of amides is 1. The van der Waals surface area contributed by atoms with Crippen LogP contribution in [0.1, 0.15) is 24.2 Å². The van der Waals surface area contributed by atoms with Crippen molar-refractivity contribution in [2.24, 2.45) is 0 Å². The van der Waals surface area contributed by atoms with E-state index in [1.54, 1.807) is 18.2 Å². The highest BCUT2D eigenvalue weighted by Crippen LogP contribution is 2.25. The van der Waals surface area contributed by atoms with Gasteiger partial charge >= 0.3 is 0 Å². The maximum Gasteiger partial charge on any atom is 0.271 e. The Morgan fingerprint density at radius 1 is 1.26 bits per heavy atom. The molecule has 0 bridgehead atoms. The molecule has 0 aliphatic rings. The van der Waals surface area contributed by atoms with E-state index < -0.39 is 10.8 Å². The molecule has 2 aromatic carbocycles. The lowest BCUT2D eigenvalue weighted by Crippen LogP contribution is -2.16. The highest BCUT2D eigenvalue weighted by Gasteiger charge is 2.16. The second kappa shape index (κ2) is 7.11. The van der Waals surface area contributed by atoms with E-state index >= 15 is 0 Å². The van der Waals surface area contributed by atoms with E-state index in [-0.39, 0.29) is 17.4 Å². The monoisotopic (exact) mass is 334 g/mol. The van der Waals surface area contributed by atoms with Crippen molar-refractivity contribution in [2.45, 2.75) is 20.0 Å². The first-order chi connectivity index (χ1) is 10.9. The summed E-state index contributed by atoms with van der Waals surface area (Å²) < 4.78 is 5.59. The molecule has 1 amide bonds. The molecule has 23 heavy (non-hydrogen) atoms. The van der Waals surface area contributed by atoms with Gasteiger partial charge in [0.25, 0.3) is 11.6 Å². The van der Waals surface area contributed by atoms with Crippen LogP contribution >= 0.6 is 11.6 Å². The van der Waals surface area contributed by atoms with Crippen LogP contribution in [0.25, 0.3) is 0 Å². The zero-order valence-corrected chi connectivity index (χ0v) is 13.3. The van der Waals surface area contributed by atoms with Crippen LogP contribution < -0.4 is 10.1 Å². The minimum atomic E-state index is -0.525. The van der Waals surface area contributed by atoms with Crippen LogP contribution in [0.2, 0.25) is 5.02 Å². The number of nitro groups is 1. The number of rotatable bonds is 5. The number of carbonyl (C=O) groups is 1. The number of carbonyl (C=O) groups excluding carboxylic acids is 1. The number of nitrogens with zero attached hydrogens (tertiary/aromatic N) is 1. The number of benzene rings is 2. The third kappa shape index (κ3) is 4.43. The molecule has 0 aromatic heterocycles. The van der Waals surface area contributed by atoms with Crippen LogP contribution in [-0.2, 0) is 0 Å². The van der Waals surface area contributed by atoms with Crippen LogP contribution in [0.4, 0.5) is 11.4 Å². The minimum absolute atomic E-state index is 0.104. The van der Waals surface area contributed by atoms with E-state index in [9.17, 15) is 14.9 Å². The standard InChI is InChI=1S/C16H15ClN2O4/c1-10(2)23-15-7-6-11(17)8-14(15)16(20)18-12-4-3-5-13(9-12)19(21)22/h3-10H,1-2H3,(H,18,20). The third-order valence-electron chi connectivity index (χ3n) is 2.86. The molecule has 0 spiro atoms. The summed E-state index contributed by atoms with van der Waals surface area (Å²) in [6.45, 7) is 3.69. The van der Waals surface area contributed by atoms with Crippen LogP contribution in [0.15, 0.2) is 42.5 Å². The second-order valence-electron chi connectivity index (χ2n) is 5.07. The van der Waals surface area contributed by atoms with Crippen molar-refractivity contribution in [2.75, 3.05) is 5.32 Å². The quantitative estimate of drug-likeness (QED) is 0.653. The molecule has 1 N–H and O–H groups in total. The van der Waals surface area contributed by atoms with Gasteiger partial charge in [-0.1, -0.05) is 17.7 Å². The van der Waals surface area contributed by atoms with Gasteiger partial charge in [0.2, 0.25) is 0 Å². The van der Waals surface area contributed by atoms with Gasteiger partial charge in [0.05, 0.1) is 16.6 Å². The van der Waals surface area contributed by atoms with Crippen molar-refractivity contribution in [3.63, 3.8) is 0 Å². The zero-order chi connectivity index (χ0) is 17.0. The Morgan fingerprint density at radius 3 is 2.65 bits per heavy atom. The molecule has 0 aliphatic heterocycles. The molecular formula is C16H15ClN2O4. The summed E-state index contributed by atoms with van der Waals surface area (Å²) in [5.74, 6) is -0.0593. The van der Waals surface area contributed by atoms with E-state index in [1.807, 2.05) is 13.8 Å². The van der Waals surface area contributed by atoms with E-state index in [0.29, 0.717) is 16.5 Å².